The zero-order valence-corrected chi connectivity index (χ0v) is 19.7. The fourth-order valence-electron chi connectivity index (χ4n) is 3.04. The fourth-order valence-corrected chi connectivity index (χ4v) is 4.50. The highest BCUT2D eigenvalue weighted by molar-refractivity contribution is 9.10. The van der Waals surface area contributed by atoms with Gasteiger partial charge in [-0.3, -0.25) is 10.1 Å². The molecule has 12 heteroatoms. The largest absolute Gasteiger partial charge is 0.416 e. The summed E-state index contributed by atoms with van der Waals surface area (Å²) in [6.45, 7) is -0.358. The number of hydrogen-bond acceptors (Lipinski definition) is 5. The summed E-state index contributed by atoms with van der Waals surface area (Å²) in [5, 5.41) is 11.2. The Labute approximate surface area is 201 Å². The molecule has 7 nitrogen and oxygen atoms in total. The first-order chi connectivity index (χ1) is 16.0. The van der Waals surface area contributed by atoms with Crippen LogP contribution in [0.1, 0.15) is 22.8 Å². The van der Waals surface area contributed by atoms with Crippen molar-refractivity contribution in [1.29, 1.82) is 0 Å². The lowest BCUT2D eigenvalue weighted by Gasteiger charge is -2.20. The molecule has 180 valence electrons. The molecule has 0 aromatic heterocycles. The quantitative estimate of drug-likeness (QED) is 0.272. The van der Waals surface area contributed by atoms with Gasteiger partial charge in [0, 0.05) is 17.1 Å². The van der Waals surface area contributed by atoms with Crippen molar-refractivity contribution in [3.63, 3.8) is 0 Å². The van der Waals surface area contributed by atoms with Gasteiger partial charge in [-0.15, -0.1) is 0 Å². The minimum absolute atomic E-state index is 0.0912. The van der Waals surface area contributed by atoms with Gasteiger partial charge in [0.1, 0.15) is 0 Å². The standard InChI is InChI=1S/C22H18BrF3N2O5S/c23-18-11-7-16(8-12-18)20(33-14-15-5-9-17(10-6-15)22(24,25)26)13-27-34(31,32)21-4-2-1-3-19(21)28(29)30/h1-12,20,27H,13-14H2. The third kappa shape index (κ3) is 6.63. The van der Waals surface area contributed by atoms with Gasteiger partial charge in [-0.1, -0.05) is 52.3 Å². The fraction of sp³-hybridized carbons (Fsp3) is 0.182. The highest BCUT2D eigenvalue weighted by atomic mass is 79.9. The van der Waals surface area contributed by atoms with Gasteiger partial charge in [-0.25, -0.2) is 13.1 Å². The van der Waals surface area contributed by atoms with Crippen LogP contribution in [0.25, 0.3) is 0 Å². The van der Waals surface area contributed by atoms with E-state index in [1.165, 1.54) is 24.3 Å². The summed E-state index contributed by atoms with van der Waals surface area (Å²) in [5.41, 5.74) is -0.309. The van der Waals surface area contributed by atoms with Crippen LogP contribution in [0.2, 0.25) is 0 Å². The lowest BCUT2D eigenvalue weighted by Crippen LogP contribution is -2.30. The Bertz CT molecular complexity index is 1250. The maximum atomic E-state index is 12.8. The SMILES string of the molecule is O=[N+]([O-])c1ccccc1S(=O)(=O)NCC(OCc1ccc(C(F)(F)F)cc1)c1ccc(Br)cc1. The van der Waals surface area contributed by atoms with Crippen LogP contribution in [0.3, 0.4) is 0 Å². The minimum Gasteiger partial charge on any atom is -0.367 e. The van der Waals surface area contributed by atoms with E-state index in [-0.39, 0.29) is 13.2 Å². The summed E-state index contributed by atoms with van der Waals surface area (Å²) < 4.78 is 72.8. The number of hydrogen-bond donors (Lipinski definition) is 1. The van der Waals surface area contributed by atoms with E-state index in [0.717, 1.165) is 28.7 Å². The van der Waals surface area contributed by atoms with Crippen LogP contribution in [-0.2, 0) is 27.5 Å². The summed E-state index contributed by atoms with van der Waals surface area (Å²) in [4.78, 5) is 9.94. The van der Waals surface area contributed by atoms with Crippen LogP contribution < -0.4 is 4.72 Å². The van der Waals surface area contributed by atoms with Crippen LogP contribution in [0.4, 0.5) is 18.9 Å². The number of nitrogens with one attached hydrogen (secondary N) is 1. The molecule has 0 heterocycles. The Balaban J connectivity index is 1.79. The van der Waals surface area contributed by atoms with Crippen molar-refractivity contribution in [2.24, 2.45) is 0 Å². The highest BCUT2D eigenvalue weighted by Crippen LogP contribution is 2.30. The van der Waals surface area contributed by atoms with Gasteiger partial charge in [-0.2, -0.15) is 13.2 Å². The Hall–Kier alpha value is -2.80. The average Bonchev–Trinajstić information content (AvgIpc) is 2.79. The van der Waals surface area contributed by atoms with Crippen LogP contribution in [0.5, 0.6) is 0 Å². The summed E-state index contributed by atoms with van der Waals surface area (Å²) in [6, 6.07) is 16.2. The normalized spacial score (nSPS) is 12.9. The molecule has 3 rings (SSSR count). The predicted octanol–water partition coefficient (Wildman–Crippen LogP) is 5.61. The van der Waals surface area contributed by atoms with Gasteiger partial charge < -0.3 is 4.74 Å². The lowest BCUT2D eigenvalue weighted by molar-refractivity contribution is -0.387. The van der Waals surface area contributed by atoms with Crippen molar-refractivity contribution in [3.05, 3.63) is 104 Å². The maximum Gasteiger partial charge on any atom is 0.416 e. The van der Waals surface area contributed by atoms with E-state index in [0.29, 0.717) is 11.1 Å². The topological polar surface area (TPSA) is 98.5 Å². The molecule has 0 fully saturated rings. The van der Waals surface area contributed by atoms with Crippen molar-refractivity contribution < 1.29 is 31.2 Å². The third-order valence-corrected chi connectivity index (χ3v) is 6.78. The average molecular weight is 559 g/mol. The van der Waals surface area contributed by atoms with Gasteiger partial charge in [0.25, 0.3) is 5.69 Å². The first kappa shape index (κ1) is 25.8. The molecule has 0 aliphatic heterocycles. The van der Waals surface area contributed by atoms with Gasteiger partial charge >= 0.3 is 6.18 Å². The number of ether oxygens (including phenoxy) is 1. The first-order valence-electron chi connectivity index (χ1n) is 9.73. The minimum atomic E-state index is -4.46. The molecule has 3 aromatic rings. The summed E-state index contributed by atoms with van der Waals surface area (Å²) in [6.07, 6.45) is -5.29. The van der Waals surface area contributed by atoms with Crippen LogP contribution in [0, 0.1) is 10.1 Å². The Morgan fingerprint density at radius 3 is 2.21 bits per heavy atom. The second kappa shape index (κ2) is 10.6. The third-order valence-electron chi connectivity index (χ3n) is 4.78. The van der Waals surface area contributed by atoms with E-state index in [1.54, 1.807) is 24.3 Å². The molecule has 0 aliphatic carbocycles. The van der Waals surface area contributed by atoms with Gasteiger partial charge in [0.05, 0.1) is 23.2 Å². The summed E-state index contributed by atoms with van der Waals surface area (Å²) in [7, 11) is -4.26. The maximum absolute atomic E-state index is 12.8. The number of nitro groups is 1. The van der Waals surface area contributed by atoms with Crippen molar-refractivity contribution in [2.45, 2.75) is 23.8 Å². The first-order valence-corrected chi connectivity index (χ1v) is 12.0. The van der Waals surface area contributed by atoms with E-state index in [2.05, 4.69) is 20.7 Å². The molecule has 0 spiro atoms. The second-order valence-corrected chi connectivity index (χ2v) is 9.77. The molecule has 0 amide bonds. The van der Waals surface area contributed by atoms with Crippen LogP contribution in [0.15, 0.2) is 82.2 Å². The molecule has 0 radical (unpaired) electrons. The Morgan fingerprint density at radius 1 is 1.00 bits per heavy atom. The van der Waals surface area contributed by atoms with Crippen molar-refractivity contribution >= 4 is 31.6 Å². The van der Waals surface area contributed by atoms with E-state index < -0.39 is 43.4 Å². The molecule has 0 aliphatic rings. The molecular weight excluding hydrogens is 541 g/mol. The number of sulfonamides is 1. The van der Waals surface area contributed by atoms with Gasteiger partial charge in [0.2, 0.25) is 10.0 Å². The number of alkyl halides is 3. The molecule has 3 aromatic carbocycles. The second-order valence-electron chi connectivity index (χ2n) is 7.12. The molecule has 0 bridgehead atoms. The van der Waals surface area contributed by atoms with E-state index >= 15 is 0 Å². The highest BCUT2D eigenvalue weighted by Gasteiger charge is 2.30. The van der Waals surface area contributed by atoms with Crippen molar-refractivity contribution in [3.8, 4) is 0 Å². The zero-order valence-electron chi connectivity index (χ0n) is 17.3. The number of halogens is 4. The zero-order chi connectivity index (χ0) is 24.9. The molecule has 0 saturated heterocycles. The number of nitro benzene ring substituents is 1. The molecule has 0 saturated carbocycles. The monoisotopic (exact) mass is 558 g/mol. The van der Waals surface area contributed by atoms with Crippen LogP contribution in [-0.4, -0.2) is 19.9 Å². The molecule has 1 atom stereocenters. The van der Waals surface area contributed by atoms with Crippen molar-refractivity contribution in [1.82, 2.24) is 4.72 Å². The molecular formula is C22H18BrF3N2O5S. The molecule has 1 N–H and O–H groups in total. The van der Waals surface area contributed by atoms with E-state index in [9.17, 15) is 31.7 Å². The summed E-state index contributed by atoms with van der Waals surface area (Å²) in [5.74, 6) is 0. The number of rotatable bonds is 9. The lowest BCUT2D eigenvalue weighted by atomic mass is 10.1. The van der Waals surface area contributed by atoms with Gasteiger partial charge in [0.15, 0.2) is 4.90 Å². The number of nitrogens with zero attached hydrogens (tertiary/aromatic N) is 1. The predicted molar refractivity (Wildman–Crippen MR) is 121 cm³/mol. The Kier molecular flexibility index (Phi) is 8.08. The van der Waals surface area contributed by atoms with Crippen molar-refractivity contribution in [2.75, 3.05) is 6.54 Å². The summed E-state index contributed by atoms with van der Waals surface area (Å²) >= 11 is 3.31. The van der Waals surface area contributed by atoms with Gasteiger partial charge in [-0.05, 0) is 41.5 Å². The Morgan fingerprint density at radius 2 is 1.62 bits per heavy atom. The van der Waals surface area contributed by atoms with Crippen LogP contribution >= 0.6 is 15.9 Å². The molecule has 34 heavy (non-hydrogen) atoms. The number of benzene rings is 3. The van der Waals surface area contributed by atoms with E-state index in [4.69, 9.17) is 4.74 Å². The number of para-hydroxylation sites is 1. The molecule has 1 unspecified atom stereocenters. The van der Waals surface area contributed by atoms with E-state index in [1.807, 2.05) is 0 Å². The smallest absolute Gasteiger partial charge is 0.367 e.